The Balaban J connectivity index is 0.00000162. The van der Waals surface area contributed by atoms with Crippen LogP contribution in [-0.4, -0.2) is 13.0 Å². The molecule has 0 aromatic heterocycles. The van der Waals surface area contributed by atoms with Crippen molar-refractivity contribution >= 4 is 20.9 Å². The third-order valence-corrected chi connectivity index (χ3v) is 3.58. The van der Waals surface area contributed by atoms with Gasteiger partial charge in [0, 0.05) is 5.39 Å². The number of rotatable bonds is 3. The van der Waals surface area contributed by atoms with Crippen molar-refractivity contribution in [3.8, 4) is 0 Å². The van der Waals surface area contributed by atoms with E-state index in [-0.39, 0.29) is 11.0 Å². The summed E-state index contributed by atoms with van der Waals surface area (Å²) in [5.74, 6) is 0. The lowest BCUT2D eigenvalue weighted by Crippen LogP contribution is -2.03. The van der Waals surface area contributed by atoms with Crippen LogP contribution in [0.2, 0.25) is 0 Å². The number of fused-ring (bicyclic) bond motifs is 1. The van der Waals surface area contributed by atoms with E-state index in [0.717, 1.165) is 5.39 Å². The standard InChI is InChI=1S/C13H12O3S.H3N/c1-2-5-11-9-8-10-6-3-4-7-12(10)13(11)17(14,15)16;/h2-4,6-9H,1,5H2,(H,14,15,16);1H3. The molecular weight excluding hydrogens is 250 g/mol. The van der Waals surface area contributed by atoms with Gasteiger partial charge in [-0.05, 0) is 17.4 Å². The van der Waals surface area contributed by atoms with Crippen LogP contribution in [0.5, 0.6) is 0 Å². The van der Waals surface area contributed by atoms with Gasteiger partial charge in [-0.3, -0.25) is 4.55 Å². The molecule has 0 atom stereocenters. The molecule has 0 aliphatic rings. The highest BCUT2D eigenvalue weighted by Gasteiger charge is 2.18. The third-order valence-electron chi connectivity index (χ3n) is 2.58. The molecular formula is C13H15NO3S. The van der Waals surface area contributed by atoms with Gasteiger partial charge in [0.05, 0.1) is 0 Å². The molecule has 0 aliphatic heterocycles. The van der Waals surface area contributed by atoms with E-state index in [1.807, 2.05) is 18.2 Å². The monoisotopic (exact) mass is 265 g/mol. The van der Waals surface area contributed by atoms with Crippen molar-refractivity contribution in [3.63, 3.8) is 0 Å². The summed E-state index contributed by atoms with van der Waals surface area (Å²) in [7, 11) is -4.23. The van der Waals surface area contributed by atoms with Crippen LogP contribution in [0.15, 0.2) is 53.9 Å². The van der Waals surface area contributed by atoms with Gasteiger partial charge in [0.25, 0.3) is 10.1 Å². The minimum atomic E-state index is -4.23. The second-order valence-corrected chi connectivity index (χ2v) is 5.10. The Morgan fingerprint density at radius 3 is 2.44 bits per heavy atom. The molecule has 0 fully saturated rings. The van der Waals surface area contributed by atoms with E-state index < -0.39 is 10.1 Å². The average Bonchev–Trinajstić information content (AvgIpc) is 2.27. The molecule has 0 radical (unpaired) electrons. The normalized spacial score (nSPS) is 10.9. The molecule has 0 aliphatic carbocycles. The first-order valence-electron chi connectivity index (χ1n) is 5.13. The maximum atomic E-state index is 11.5. The summed E-state index contributed by atoms with van der Waals surface area (Å²) >= 11 is 0. The summed E-state index contributed by atoms with van der Waals surface area (Å²) in [6.07, 6.45) is 2.01. The number of allylic oxidation sites excluding steroid dienone is 1. The average molecular weight is 265 g/mol. The second-order valence-electron chi connectivity index (χ2n) is 3.74. The maximum absolute atomic E-state index is 11.5. The van der Waals surface area contributed by atoms with Gasteiger partial charge in [-0.1, -0.05) is 42.5 Å². The van der Waals surface area contributed by atoms with Gasteiger partial charge >= 0.3 is 0 Å². The Labute approximate surface area is 106 Å². The van der Waals surface area contributed by atoms with Crippen LogP contribution in [0.4, 0.5) is 0 Å². The van der Waals surface area contributed by atoms with Gasteiger partial charge < -0.3 is 6.15 Å². The highest BCUT2D eigenvalue weighted by molar-refractivity contribution is 7.86. The summed E-state index contributed by atoms with van der Waals surface area (Å²) in [6, 6.07) is 10.6. The first kappa shape index (κ1) is 14.4. The van der Waals surface area contributed by atoms with Crippen LogP contribution in [0.25, 0.3) is 10.8 Å². The Kier molecular flexibility index (Phi) is 4.24. The third kappa shape index (κ3) is 2.59. The summed E-state index contributed by atoms with van der Waals surface area (Å²) in [5.41, 5.74) is 0.557. The molecule has 2 aromatic carbocycles. The fourth-order valence-electron chi connectivity index (χ4n) is 1.91. The van der Waals surface area contributed by atoms with Crippen LogP contribution in [0, 0.1) is 0 Å². The zero-order valence-corrected chi connectivity index (χ0v) is 10.7. The van der Waals surface area contributed by atoms with Crippen LogP contribution in [0.1, 0.15) is 5.56 Å². The first-order valence-corrected chi connectivity index (χ1v) is 6.57. The molecule has 0 amide bonds. The van der Waals surface area contributed by atoms with E-state index in [2.05, 4.69) is 6.58 Å². The van der Waals surface area contributed by atoms with E-state index in [4.69, 9.17) is 0 Å². The second kappa shape index (κ2) is 5.30. The van der Waals surface area contributed by atoms with E-state index in [1.54, 1.807) is 24.3 Å². The smallest absolute Gasteiger partial charge is 0.295 e. The van der Waals surface area contributed by atoms with Crippen LogP contribution < -0.4 is 6.15 Å². The van der Waals surface area contributed by atoms with Gasteiger partial charge in [-0.15, -0.1) is 6.58 Å². The highest BCUT2D eigenvalue weighted by atomic mass is 32.2. The lowest BCUT2D eigenvalue weighted by Gasteiger charge is -2.09. The molecule has 96 valence electrons. The van der Waals surface area contributed by atoms with Crippen molar-refractivity contribution in [2.75, 3.05) is 0 Å². The lowest BCUT2D eigenvalue weighted by atomic mass is 10.0. The Hall–Kier alpha value is -1.69. The summed E-state index contributed by atoms with van der Waals surface area (Å²) in [6.45, 7) is 3.58. The van der Waals surface area contributed by atoms with Crippen molar-refractivity contribution in [1.82, 2.24) is 6.15 Å². The van der Waals surface area contributed by atoms with Crippen LogP contribution in [-0.2, 0) is 16.5 Å². The molecule has 0 saturated carbocycles. The van der Waals surface area contributed by atoms with Crippen molar-refractivity contribution in [1.29, 1.82) is 0 Å². The fraction of sp³-hybridized carbons (Fsp3) is 0.0769. The van der Waals surface area contributed by atoms with Gasteiger partial charge in [-0.25, -0.2) is 0 Å². The summed E-state index contributed by atoms with van der Waals surface area (Å²) < 4.78 is 32.3. The van der Waals surface area contributed by atoms with Gasteiger partial charge in [-0.2, -0.15) is 8.42 Å². The number of hydrogen-bond acceptors (Lipinski definition) is 3. The molecule has 0 saturated heterocycles. The quantitative estimate of drug-likeness (QED) is 0.659. The largest absolute Gasteiger partial charge is 0.344 e. The van der Waals surface area contributed by atoms with Gasteiger partial charge in [0.15, 0.2) is 0 Å². The molecule has 2 rings (SSSR count). The Morgan fingerprint density at radius 1 is 1.17 bits per heavy atom. The molecule has 0 heterocycles. The molecule has 0 bridgehead atoms. The molecule has 0 spiro atoms. The predicted molar refractivity (Wildman–Crippen MR) is 72.7 cm³/mol. The molecule has 5 heteroatoms. The zero-order valence-electron chi connectivity index (χ0n) is 9.83. The highest BCUT2D eigenvalue weighted by Crippen LogP contribution is 2.27. The molecule has 2 aromatic rings. The molecule has 4 nitrogen and oxygen atoms in total. The van der Waals surface area contributed by atoms with Crippen molar-refractivity contribution < 1.29 is 13.0 Å². The minimum Gasteiger partial charge on any atom is -0.344 e. The number of hydrogen-bond donors (Lipinski definition) is 2. The maximum Gasteiger partial charge on any atom is 0.295 e. The molecule has 4 N–H and O–H groups in total. The first-order chi connectivity index (χ1) is 8.04. The van der Waals surface area contributed by atoms with Crippen LogP contribution in [0.3, 0.4) is 0 Å². The minimum absolute atomic E-state index is 0. The SMILES string of the molecule is C=CCc1ccc2ccccc2c1S(=O)(=O)O.N. The topological polar surface area (TPSA) is 89.4 Å². The van der Waals surface area contributed by atoms with Crippen molar-refractivity contribution in [3.05, 3.63) is 54.6 Å². The zero-order chi connectivity index (χ0) is 12.5. The van der Waals surface area contributed by atoms with E-state index >= 15 is 0 Å². The Bertz CT molecular complexity index is 678. The molecule has 0 unspecified atom stereocenters. The van der Waals surface area contributed by atoms with Crippen LogP contribution >= 0.6 is 0 Å². The van der Waals surface area contributed by atoms with Gasteiger partial charge in [0.1, 0.15) is 4.90 Å². The van der Waals surface area contributed by atoms with Crippen molar-refractivity contribution in [2.45, 2.75) is 11.3 Å². The summed E-state index contributed by atoms with van der Waals surface area (Å²) in [4.78, 5) is -0.0181. The Morgan fingerprint density at radius 2 is 1.83 bits per heavy atom. The fourth-order valence-corrected chi connectivity index (χ4v) is 2.86. The summed E-state index contributed by atoms with van der Waals surface area (Å²) in [5, 5.41) is 1.32. The molecule has 18 heavy (non-hydrogen) atoms. The van der Waals surface area contributed by atoms with E-state index in [9.17, 15) is 13.0 Å². The lowest BCUT2D eigenvalue weighted by molar-refractivity contribution is 0.483. The van der Waals surface area contributed by atoms with Crippen molar-refractivity contribution in [2.24, 2.45) is 0 Å². The number of benzene rings is 2. The van der Waals surface area contributed by atoms with E-state index in [0.29, 0.717) is 17.4 Å². The van der Waals surface area contributed by atoms with Gasteiger partial charge in [0.2, 0.25) is 0 Å². The van der Waals surface area contributed by atoms with E-state index in [1.165, 1.54) is 0 Å². The predicted octanol–water partition coefficient (Wildman–Crippen LogP) is 2.98.